The van der Waals surface area contributed by atoms with Gasteiger partial charge in [0.1, 0.15) is 0 Å². The molecular formula is C11H13NO5. The minimum Gasteiger partial charge on any atom is -0.493 e. The van der Waals surface area contributed by atoms with E-state index in [1.807, 2.05) is 0 Å². The maximum Gasteiger partial charge on any atom is 0.340 e. The van der Waals surface area contributed by atoms with Crippen molar-refractivity contribution in [1.82, 2.24) is 0 Å². The lowest BCUT2D eigenvalue weighted by Crippen LogP contribution is -2.08. The van der Waals surface area contributed by atoms with Crippen LogP contribution >= 0.6 is 0 Å². The van der Waals surface area contributed by atoms with Gasteiger partial charge in [-0.05, 0) is 0 Å². The molecule has 0 saturated carbocycles. The van der Waals surface area contributed by atoms with Crippen LogP contribution in [0.15, 0.2) is 12.1 Å². The molecule has 1 rings (SSSR count). The number of rotatable bonds is 5. The van der Waals surface area contributed by atoms with Gasteiger partial charge < -0.3 is 19.5 Å². The van der Waals surface area contributed by atoms with Crippen molar-refractivity contribution in [3.05, 3.63) is 17.7 Å². The largest absolute Gasteiger partial charge is 0.493 e. The first kappa shape index (κ1) is 12.8. The number of carbonyl (C=O) groups is 2. The minimum absolute atomic E-state index is 0.192. The number of amides is 1. The molecule has 0 bridgehead atoms. The molecule has 0 aliphatic carbocycles. The molecule has 6 heteroatoms. The van der Waals surface area contributed by atoms with Crippen LogP contribution in [0.5, 0.6) is 11.5 Å². The summed E-state index contributed by atoms with van der Waals surface area (Å²) in [4.78, 5) is 22.0. The molecule has 0 aliphatic rings. The molecule has 0 unspecified atom stereocenters. The molecule has 0 fully saturated rings. The van der Waals surface area contributed by atoms with Gasteiger partial charge in [0.15, 0.2) is 11.5 Å². The molecule has 17 heavy (non-hydrogen) atoms. The highest BCUT2D eigenvalue weighted by Crippen LogP contribution is 2.33. The Morgan fingerprint density at radius 1 is 1.18 bits per heavy atom. The van der Waals surface area contributed by atoms with Crippen molar-refractivity contribution in [1.29, 1.82) is 0 Å². The normalized spacial score (nSPS) is 9.35. The van der Waals surface area contributed by atoms with E-state index in [-0.39, 0.29) is 5.56 Å². The molecular weight excluding hydrogens is 226 g/mol. The van der Waals surface area contributed by atoms with Gasteiger partial charge in [-0.2, -0.15) is 0 Å². The van der Waals surface area contributed by atoms with Crippen LogP contribution in [0.1, 0.15) is 10.4 Å². The van der Waals surface area contributed by atoms with Gasteiger partial charge in [-0.15, -0.1) is 0 Å². The van der Waals surface area contributed by atoms with Crippen molar-refractivity contribution in [2.45, 2.75) is 0 Å². The summed E-state index contributed by atoms with van der Waals surface area (Å²) in [6.07, 6.45) is 0.466. The van der Waals surface area contributed by atoms with Gasteiger partial charge in [0.2, 0.25) is 6.41 Å². The number of ether oxygens (including phenoxy) is 3. The average Bonchev–Trinajstić information content (AvgIpc) is 2.37. The second-order valence-corrected chi connectivity index (χ2v) is 3.01. The second kappa shape index (κ2) is 5.74. The van der Waals surface area contributed by atoms with Gasteiger partial charge in [-0.3, -0.25) is 4.79 Å². The highest BCUT2D eigenvalue weighted by Gasteiger charge is 2.16. The SMILES string of the molecule is COC(=O)c1cc(OC)c(OC)cc1NC=O. The molecule has 0 heterocycles. The fraction of sp³-hybridized carbons (Fsp3) is 0.273. The van der Waals surface area contributed by atoms with Gasteiger partial charge in [0, 0.05) is 12.1 Å². The zero-order valence-corrected chi connectivity index (χ0v) is 9.77. The van der Waals surface area contributed by atoms with Crippen LogP contribution in [0.2, 0.25) is 0 Å². The van der Waals surface area contributed by atoms with Crippen molar-refractivity contribution >= 4 is 18.1 Å². The van der Waals surface area contributed by atoms with Crippen molar-refractivity contribution in [3.8, 4) is 11.5 Å². The second-order valence-electron chi connectivity index (χ2n) is 3.01. The van der Waals surface area contributed by atoms with Crippen LogP contribution in [-0.4, -0.2) is 33.7 Å². The molecule has 0 atom stereocenters. The summed E-state index contributed by atoms with van der Waals surface area (Å²) in [5, 5.41) is 2.40. The molecule has 1 amide bonds. The Hall–Kier alpha value is -2.24. The topological polar surface area (TPSA) is 73.9 Å². The fourth-order valence-electron chi connectivity index (χ4n) is 1.34. The van der Waals surface area contributed by atoms with Gasteiger partial charge >= 0.3 is 5.97 Å². The summed E-state index contributed by atoms with van der Waals surface area (Å²) in [7, 11) is 4.16. The van der Waals surface area contributed by atoms with E-state index < -0.39 is 5.97 Å². The number of methoxy groups -OCH3 is 3. The minimum atomic E-state index is -0.574. The number of hydrogen-bond donors (Lipinski definition) is 1. The van der Waals surface area contributed by atoms with Gasteiger partial charge in [-0.25, -0.2) is 4.79 Å². The highest BCUT2D eigenvalue weighted by atomic mass is 16.5. The van der Waals surface area contributed by atoms with Crippen molar-refractivity contribution in [2.24, 2.45) is 0 Å². The molecule has 1 aromatic carbocycles. The van der Waals surface area contributed by atoms with Crippen LogP contribution in [-0.2, 0) is 9.53 Å². The molecule has 92 valence electrons. The Bertz CT molecular complexity index is 430. The van der Waals surface area contributed by atoms with E-state index >= 15 is 0 Å². The molecule has 0 aliphatic heterocycles. The third-order valence-corrected chi connectivity index (χ3v) is 2.14. The Morgan fingerprint density at radius 2 is 1.76 bits per heavy atom. The van der Waals surface area contributed by atoms with E-state index in [1.54, 1.807) is 0 Å². The molecule has 0 aromatic heterocycles. The first-order chi connectivity index (χ1) is 8.17. The molecule has 1 N–H and O–H groups in total. The van der Waals surface area contributed by atoms with Crippen LogP contribution in [0.3, 0.4) is 0 Å². The van der Waals surface area contributed by atoms with E-state index in [1.165, 1.54) is 33.5 Å². The summed E-state index contributed by atoms with van der Waals surface area (Å²) in [5.74, 6) is 0.212. The van der Waals surface area contributed by atoms with Crippen molar-refractivity contribution in [3.63, 3.8) is 0 Å². The number of hydrogen-bond acceptors (Lipinski definition) is 5. The number of nitrogens with one attached hydrogen (secondary N) is 1. The summed E-state index contributed by atoms with van der Waals surface area (Å²) < 4.78 is 14.7. The Kier molecular flexibility index (Phi) is 4.33. The quantitative estimate of drug-likeness (QED) is 0.614. The number of carbonyl (C=O) groups excluding carboxylic acids is 2. The van der Waals surface area contributed by atoms with Crippen molar-refractivity contribution < 1.29 is 23.8 Å². The Labute approximate surface area is 98.5 Å². The number of benzene rings is 1. The van der Waals surface area contributed by atoms with E-state index in [4.69, 9.17) is 9.47 Å². The maximum atomic E-state index is 11.5. The smallest absolute Gasteiger partial charge is 0.340 e. The lowest BCUT2D eigenvalue weighted by Gasteiger charge is -2.12. The van der Waals surface area contributed by atoms with E-state index in [0.29, 0.717) is 23.6 Å². The molecule has 1 aromatic rings. The predicted molar refractivity (Wildman–Crippen MR) is 60.6 cm³/mol. The van der Waals surface area contributed by atoms with Crippen LogP contribution < -0.4 is 14.8 Å². The van der Waals surface area contributed by atoms with E-state index in [9.17, 15) is 9.59 Å². The summed E-state index contributed by atoms with van der Waals surface area (Å²) in [5.41, 5.74) is 0.488. The fourth-order valence-corrected chi connectivity index (χ4v) is 1.34. The third-order valence-electron chi connectivity index (χ3n) is 2.14. The molecule has 0 spiro atoms. The lowest BCUT2D eigenvalue weighted by atomic mass is 10.1. The number of anilines is 1. The molecule has 6 nitrogen and oxygen atoms in total. The van der Waals surface area contributed by atoms with Crippen molar-refractivity contribution in [2.75, 3.05) is 26.6 Å². The van der Waals surface area contributed by atoms with Gasteiger partial charge in [0.05, 0.1) is 32.6 Å². The standard InChI is InChI=1S/C11H13NO5/c1-15-9-4-7(11(14)17-3)8(12-6-13)5-10(9)16-2/h4-6H,1-3H3,(H,12,13). The van der Waals surface area contributed by atoms with E-state index in [0.717, 1.165) is 0 Å². The highest BCUT2D eigenvalue weighted by molar-refractivity contribution is 5.98. The monoisotopic (exact) mass is 239 g/mol. The number of esters is 1. The summed E-state index contributed by atoms with van der Waals surface area (Å²) in [6.45, 7) is 0. The summed E-state index contributed by atoms with van der Waals surface area (Å²) in [6, 6.07) is 2.93. The van der Waals surface area contributed by atoms with E-state index in [2.05, 4.69) is 10.1 Å². The van der Waals surface area contributed by atoms with Gasteiger partial charge in [-0.1, -0.05) is 0 Å². The first-order valence-electron chi connectivity index (χ1n) is 4.72. The lowest BCUT2D eigenvalue weighted by molar-refractivity contribution is -0.105. The Morgan fingerprint density at radius 3 is 2.24 bits per heavy atom. The molecule has 0 saturated heterocycles. The maximum absolute atomic E-state index is 11.5. The van der Waals surface area contributed by atoms with Crippen LogP contribution in [0.4, 0.5) is 5.69 Å². The summed E-state index contributed by atoms with van der Waals surface area (Å²) >= 11 is 0. The van der Waals surface area contributed by atoms with Crippen LogP contribution in [0, 0.1) is 0 Å². The van der Waals surface area contributed by atoms with Crippen LogP contribution in [0.25, 0.3) is 0 Å². The average molecular weight is 239 g/mol. The predicted octanol–water partition coefficient (Wildman–Crippen LogP) is 1.06. The third kappa shape index (κ3) is 2.66. The molecule has 0 radical (unpaired) electrons. The van der Waals surface area contributed by atoms with Gasteiger partial charge in [0.25, 0.3) is 0 Å². The Balaban J connectivity index is 3.33. The first-order valence-corrected chi connectivity index (χ1v) is 4.72. The zero-order valence-electron chi connectivity index (χ0n) is 9.77. The zero-order chi connectivity index (χ0) is 12.8.